The number of hydrogen-bond donors (Lipinski definition) is 1. The molecule has 1 N–H and O–H groups in total. The van der Waals surface area contributed by atoms with E-state index < -0.39 is 0 Å². The van der Waals surface area contributed by atoms with Gasteiger partial charge in [-0.2, -0.15) is 0 Å². The molecule has 0 saturated heterocycles. The Hall–Kier alpha value is -0.610. The topological polar surface area (TPSA) is 42.0 Å². The van der Waals surface area contributed by atoms with Crippen molar-refractivity contribution in [3.8, 4) is 0 Å². The zero-order valence-corrected chi connectivity index (χ0v) is 8.39. The number of nitrogens with zero attached hydrogens (tertiary/aromatic N) is 1. The van der Waals surface area contributed by atoms with Crippen LogP contribution in [0.1, 0.15) is 0 Å². The standard InChI is InChI=1S/C7H6BrClN2O/c8-3-7(12)11-5-1-2-6(9)10-4-5/h1-2,4H,3H2,(H,11,12). The van der Waals surface area contributed by atoms with Gasteiger partial charge in [0.2, 0.25) is 5.91 Å². The molecule has 1 rings (SSSR count). The predicted molar refractivity (Wildman–Crippen MR) is 51.7 cm³/mol. The molecule has 0 aliphatic rings. The van der Waals surface area contributed by atoms with Gasteiger partial charge in [0, 0.05) is 0 Å². The molecule has 0 radical (unpaired) electrons. The number of aromatic nitrogens is 1. The number of carbonyl (C=O) groups excluding carboxylic acids is 1. The highest BCUT2D eigenvalue weighted by molar-refractivity contribution is 9.09. The SMILES string of the molecule is O=C(CBr)Nc1ccc(Cl)nc1. The zero-order chi connectivity index (χ0) is 8.97. The van der Waals surface area contributed by atoms with E-state index in [1.807, 2.05) is 0 Å². The molecule has 0 aliphatic carbocycles. The van der Waals surface area contributed by atoms with E-state index in [0.717, 1.165) is 0 Å². The first-order chi connectivity index (χ1) is 5.72. The maximum atomic E-state index is 10.8. The molecule has 0 fully saturated rings. The quantitative estimate of drug-likeness (QED) is 0.644. The summed E-state index contributed by atoms with van der Waals surface area (Å²) in [5, 5.41) is 3.29. The predicted octanol–water partition coefficient (Wildman–Crippen LogP) is 2.07. The Morgan fingerprint density at radius 3 is 2.92 bits per heavy atom. The van der Waals surface area contributed by atoms with Gasteiger partial charge in [-0.3, -0.25) is 4.79 Å². The maximum Gasteiger partial charge on any atom is 0.235 e. The van der Waals surface area contributed by atoms with Crippen LogP contribution >= 0.6 is 27.5 Å². The summed E-state index contributed by atoms with van der Waals surface area (Å²) in [5.41, 5.74) is 0.642. The van der Waals surface area contributed by atoms with Crippen molar-refractivity contribution in [1.82, 2.24) is 4.98 Å². The van der Waals surface area contributed by atoms with Crippen molar-refractivity contribution in [2.45, 2.75) is 0 Å². The molecular weight excluding hydrogens is 243 g/mol. The van der Waals surface area contributed by atoms with E-state index in [1.165, 1.54) is 6.20 Å². The van der Waals surface area contributed by atoms with Crippen LogP contribution in [0.15, 0.2) is 18.3 Å². The number of amides is 1. The highest BCUT2D eigenvalue weighted by atomic mass is 79.9. The average molecular weight is 249 g/mol. The third-order valence-corrected chi connectivity index (χ3v) is 1.87. The fourth-order valence-electron chi connectivity index (χ4n) is 0.644. The summed E-state index contributed by atoms with van der Waals surface area (Å²) >= 11 is 8.58. The van der Waals surface area contributed by atoms with E-state index in [9.17, 15) is 4.79 Å². The normalized spacial score (nSPS) is 9.50. The van der Waals surface area contributed by atoms with E-state index in [2.05, 4.69) is 26.2 Å². The molecule has 0 atom stereocenters. The Bertz CT molecular complexity index is 275. The second kappa shape index (κ2) is 4.42. The third kappa shape index (κ3) is 2.79. The molecule has 1 aromatic heterocycles. The summed E-state index contributed by atoms with van der Waals surface area (Å²) in [6, 6.07) is 3.31. The first-order valence-corrected chi connectivity index (χ1v) is 4.69. The van der Waals surface area contributed by atoms with Crippen LogP contribution in [0, 0.1) is 0 Å². The third-order valence-electron chi connectivity index (χ3n) is 1.13. The first kappa shape index (κ1) is 9.48. The highest BCUT2D eigenvalue weighted by Gasteiger charge is 1.98. The molecule has 3 nitrogen and oxygen atoms in total. The summed E-state index contributed by atoms with van der Waals surface area (Å²) in [5.74, 6) is -0.112. The van der Waals surface area contributed by atoms with Crippen molar-refractivity contribution >= 4 is 39.1 Å². The number of carbonyl (C=O) groups is 1. The summed E-state index contributed by atoms with van der Waals surface area (Å²) in [7, 11) is 0. The summed E-state index contributed by atoms with van der Waals surface area (Å²) in [6.07, 6.45) is 1.50. The number of alkyl halides is 1. The monoisotopic (exact) mass is 248 g/mol. The second-order valence-corrected chi connectivity index (χ2v) is 3.00. The molecule has 0 aromatic carbocycles. The van der Waals surface area contributed by atoms with Gasteiger partial charge in [0.05, 0.1) is 17.2 Å². The molecule has 1 aromatic rings. The Balaban J connectivity index is 2.64. The lowest BCUT2D eigenvalue weighted by molar-refractivity contribution is -0.113. The van der Waals surface area contributed by atoms with Gasteiger partial charge in [-0.1, -0.05) is 27.5 Å². The lowest BCUT2D eigenvalue weighted by Crippen LogP contribution is -2.12. The van der Waals surface area contributed by atoms with Crippen LogP contribution in [-0.2, 0) is 4.79 Å². The highest BCUT2D eigenvalue weighted by Crippen LogP contribution is 2.09. The van der Waals surface area contributed by atoms with E-state index in [4.69, 9.17) is 11.6 Å². The molecule has 0 aliphatic heterocycles. The molecule has 1 heterocycles. The van der Waals surface area contributed by atoms with Crippen LogP contribution in [0.2, 0.25) is 5.15 Å². The molecule has 5 heteroatoms. The van der Waals surface area contributed by atoms with Crippen LogP contribution in [0.5, 0.6) is 0 Å². The van der Waals surface area contributed by atoms with Crippen molar-refractivity contribution in [2.75, 3.05) is 10.6 Å². The summed E-state index contributed by atoms with van der Waals surface area (Å²) < 4.78 is 0. The number of hydrogen-bond acceptors (Lipinski definition) is 2. The summed E-state index contributed by atoms with van der Waals surface area (Å²) in [6.45, 7) is 0. The van der Waals surface area contributed by atoms with Gasteiger partial charge in [-0.15, -0.1) is 0 Å². The van der Waals surface area contributed by atoms with Crippen LogP contribution in [0.25, 0.3) is 0 Å². The number of halogens is 2. The van der Waals surface area contributed by atoms with Gasteiger partial charge in [0.1, 0.15) is 5.15 Å². The van der Waals surface area contributed by atoms with Crippen molar-refractivity contribution < 1.29 is 4.79 Å². The van der Waals surface area contributed by atoms with Crippen molar-refractivity contribution in [1.29, 1.82) is 0 Å². The Labute approximate surface area is 83.3 Å². The number of anilines is 1. The molecule has 0 saturated carbocycles. The van der Waals surface area contributed by atoms with E-state index >= 15 is 0 Å². The Kier molecular flexibility index (Phi) is 3.49. The van der Waals surface area contributed by atoms with Crippen LogP contribution in [0.4, 0.5) is 5.69 Å². The van der Waals surface area contributed by atoms with E-state index in [-0.39, 0.29) is 11.2 Å². The lowest BCUT2D eigenvalue weighted by atomic mass is 10.4. The minimum Gasteiger partial charge on any atom is -0.324 e. The van der Waals surface area contributed by atoms with Gasteiger partial charge < -0.3 is 5.32 Å². The van der Waals surface area contributed by atoms with Gasteiger partial charge in [0.15, 0.2) is 0 Å². The molecule has 1 amide bonds. The molecule has 0 spiro atoms. The fourth-order valence-corrected chi connectivity index (χ4v) is 0.896. The molecule has 64 valence electrons. The number of pyridine rings is 1. The molecule has 0 bridgehead atoms. The Morgan fingerprint density at radius 2 is 2.42 bits per heavy atom. The van der Waals surface area contributed by atoms with Crippen LogP contribution in [0.3, 0.4) is 0 Å². The van der Waals surface area contributed by atoms with Crippen molar-refractivity contribution in [2.24, 2.45) is 0 Å². The average Bonchev–Trinajstić information content (AvgIpc) is 2.09. The van der Waals surface area contributed by atoms with Gasteiger partial charge in [0.25, 0.3) is 0 Å². The van der Waals surface area contributed by atoms with E-state index in [0.29, 0.717) is 10.8 Å². The van der Waals surface area contributed by atoms with E-state index in [1.54, 1.807) is 12.1 Å². The minimum absolute atomic E-state index is 0.112. The van der Waals surface area contributed by atoms with Crippen molar-refractivity contribution in [3.63, 3.8) is 0 Å². The van der Waals surface area contributed by atoms with Gasteiger partial charge in [-0.05, 0) is 12.1 Å². The van der Waals surface area contributed by atoms with Crippen LogP contribution < -0.4 is 5.32 Å². The molecule has 12 heavy (non-hydrogen) atoms. The Morgan fingerprint density at radius 1 is 1.67 bits per heavy atom. The fraction of sp³-hybridized carbons (Fsp3) is 0.143. The molecule has 0 unspecified atom stereocenters. The number of nitrogens with one attached hydrogen (secondary N) is 1. The maximum absolute atomic E-state index is 10.8. The lowest BCUT2D eigenvalue weighted by Gasteiger charge is -2.00. The van der Waals surface area contributed by atoms with Crippen molar-refractivity contribution in [3.05, 3.63) is 23.5 Å². The zero-order valence-electron chi connectivity index (χ0n) is 6.05. The van der Waals surface area contributed by atoms with Crippen LogP contribution in [-0.4, -0.2) is 16.2 Å². The molecular formula is C7H6BrClN2O. The number of rotatable bonds is 2. The minimum atomic E-state index is -0.112. The van der Waals surface area contributed by atoms with Gasteiger partial charge in [-0.25, -0.2) is 4.98 Å². The first-order valence-electron chi connectivity index (χ1n) is 3.20. The van der Waals surface area contributed by atoms with Gasteiger partial charge >= 0.3 is 0 Å². The second-order valence-electron chi connectivity index (χ2n) is 2.05. The summed E-state index contributed by atoms with van der Waals surface area (Å²) in [4.78, 5) is 14.6. The largest absolute Gasteiger partial charge is 0.324 e. The smallest absolute Gasteiger partial charge is 0.235 e.